The highest BCUT2D eigenvalue weighted by atomic mass is 16.5. The monoisotopic (exact) mass is 261 g/mol. The van der Waals surface area contributed by atoms with E-state index in [1.807, 2.05) is 6.92 Å². The summed E-state index contributed by atoms with van der Waals surface area (Å²) in [5.41, 5.74) is 1.84. The molecule has 19 heavy (non-hydrogen) atoms. The zero-order valence-corrected chi connectivity index (χ0v) is 12.5. The Bertz CT molecular complexity index is 373. The molecule has 0 heterocycles. The van der Waals surface area contributed by atoms with Gasteiger partial charge < -0.3 is 10.1 Å². The van der Waals surface area contributed by atoms with E-state index in [0.29, 0.717) is 5.41 Å². The Labute approximate surface area is 117 Å². The highest BCUT2D eigenvalue weighted by Gasteiger charge is 2.43. The normalized spacial score (nSPS) is 25.9. The van der Waals surface area contributed by atoms with Crippen LogP contribution in [0.3, 0.4) is 0 Å². The van der Waals surface area contributed by atoms with Crippen LogP contribution < -0.4 is 10.1 Å². The SMILES string of the molecule is CCNCC1(c2ccc(OCC)cc2)CC(CC)C1. The number of hydrogen-bond donors (Lipinski definition) is 1. The fourth-order valence-corrected chi connectivity index (χ4v) is 3.25. The summed E-state index contributed by atoms with van der Waals surface area (Å²) in [6.07, 6.45) is 3.96. The van der Waals surface area contributed by atoms with Crippen molar-refractivity contribution in [3.05, 3.63) is 29.8 Å². The highest BCUT2D eigenvalue weighted by molar-refractivity contribution is 5.35. The van der Waals surface area contributed by atoms with Crippen molar-refractivity contribution in [3.8, 4) is 5.75 Å². The van der Waals surface area contributed by atoms with Crippen molar-refractivity contribution in [1.82, 2.24) is 5.32 Å². The summed E-state index contributed by atoms with van der Waals surface area (Å²) in [4.78, 5) is 0. The molecule has 1 N–H and O–H groups in total. The first-order valence-electron chi connectivity index (χ1n) is 7.68. The van der Waals surface area contributed by atoms with E-state index < -0.39 is 0 Å². The molecule has 0 bridgehead atoms. The number of rotatable bonds is 7. The third kappa shape index (κ3) is 3.11. The summed E-state index contributed by atoms with van der Waals surface area (Å²) in [6.45, 7) is 9.41. The average Bonchev–Trinajstić information content (AvgIpc) is 2.40. The first-order chi connectivity index (χ1) is 9.24. The van der Waals surface area contributed by atoms with Crippen LogP contribution in [0.5, 0.6) is 5.75 Å². The Morgan fingerprint density at radius 2 is 1.84 bits per heavy atom. The second kappa shape index (κ2) is 6.42. The quantitative estimate of drug-likeness (QED) is 0.807. The van der Waals surface area contributed by atoms with Gasteiger partial charge in [-0.2, -0.15) is 0 Å². The van der Waals surface area contributed by atoms with Gasteiger partial charge in [-0.25, -0.2) is 0 Å². The molecule has 2 rings (SSSR count). The Balaban J connectivity index is 2.10. The number of likely N-dealkylation sites (N-methyl/N-ethyl adjacent to an activating group) is 1. The van der Waals surface area contributed by atoms with Crippen molar-refractivity contribution in [1.29, 1.82) is 0 Å². The van der Waals surface area contributed by atoms with Crippen LogP contribution in [0.1, 0.15) is 45.6 Å². The van der Waals surface area contributed by atoms with E-state index in [-0.39, 0.29) is 0 Å². The summed E-state index contributed by atoms with van der Waals surface area (Å²) in [6, 6.07) is 8.75. The van der Waals surface area contributed by atoms with Crippen LogP contribution in [0.2, 0.25) is 0 Å². The Kier molecular flexibility index (Phi) is 4.87. The van der Waals surface area contributed by atoms with E-state index in [1.165, 1.54) is 24.8 Å². The molecule has 0 radical (unpaired) electrons. The maximum atomic E-state index is 5.53. The second-order valence-electron chi connectivity index (χ2n) is 5.70. The van der Waals surface area contributed by atoms with Crippen LogP contribution in [0.15, 0.2) is 24.3 Å². The van der Waals surface area contributed by atoms with Gasteiger partial charge in [0.2, 0.25) is 0 Å². The summed E-state index contributed by atoms with van der Waals surface area (Å²) >= 11 is 0. The standard InChI is InChI=1S/C17H27NO/c1-4-14-11-17(12-14,13-18-5-2)15-7-9-16(10-8-15)19-6-3/h7-10,14,18H,4-6,11-13H2,1-3H3. The van der Waals surface area contributed by atoms with Crippen molar-refractivity contribution < 1.29 is 4.74 Å². The molecule has 0 unspecified atom stereocenters. The van der Waals surface area contributed by atoms with Crippen molar-refractivity contribution in [3.63, 3.8) is 0 Å². The molecule has 0 amide bonds. The smallest absolute Gasteiger partial charge is 0.119 e. The number of nitrogens with one attached hydrogen (secondary N) is 1. The lowest BCUT2D eigenvalue weighted by atomic mass is 9.58. The molecule has 0 aliphatic heterocycles. The minimum Gasteiger partial charge on any atom is -0.494 e. The van der Waals surface area contributed by atoms with Gasteiger partial charge >= 0.3 is 0 Å². The van der Waals surface area contributed by atoms with E-state index in [0.717, 1.165) is 31.4 Å². The van der Waals surface area contributed by atoms with Crippen LogP contribution in [0, 0.1) is 5.92 Å². The summed E-state index contributed by atoms with van der Waals surface area (Å²) in [5, 5.41) is 3.54. The van der Waals surface area contributed by atoms with E-state index >= 15 is 0 Å². The molecule has 1 aromatic carbocycles. The van der Waals surface area contributed by atoms with Gasteiger partial charge in [0.05, 0.1) is 6.61 Å². The molecule has 0 saturated heterocycles. The predicted octanol–water partition coefficient (Wildman–Crippen LogP) is 3.75. The maximum absolute atomic E-state index is 5.53. The number of benzene rings is 1. The molecule has 0 aromatic heterocycles. The molecule has 2 nitrogen and oxygen atoms in total. The Hall–Kier alpha value is -1.02. The molecular formula is C17H27NO. The molecule has 106 valence electrons. The zero-order chi connectivity index (χ0) is 13.7. The summed E-state index contributed by atoms with van der Waals surface area (Å²) in [7, 11) is 0. The second-order valence-corrected chi connectivity index (χ2v) is 5.70. The van der Waals surface area contributed by atoms with Crippen LogP contribution in [0.4, 0.5) is 0 Å². The zero-order valence-electron chi connectivity index (χ0n) is 12.5. The molecular weight excluding hydrogens is 234 g/mol. The van der Waals surface area contributed by atoms with Crippen LogP contribution >= 0.6 is 0 Å². The fourth-order valence-electron chi connectivity index (χ4n) is 3.25. The van der Waals surface area contributed by atoms with Gasteiger partial charge in [0, 0.05) is 12.0 Å². The third-order valence-corrected chi connectivity index (χ3v) is 4.43. The van der Waals surface area contributed by atoms with Crippen molar-refractivity contribution >= 4 is 0 Å². The van der Waals surface area contributed by atoms with Gasteiger partial charge in [-0.3, -0.25) is 0 Å². The predicted molar refractivity (Wildman–Crippen MR) is 80.8 cm³/mol. The fraction of sp³-hybridized carbons (Fsp3) is 0.647. The third-order valence-electron chi connectivity index (χ3n) is 4.43. The average molecular weight is 261 g/mol. The van der Waals surface area contributed by atoms with Gasteiger partial charge in [0.1, 0.15) is 5.75 Å². The van der Waals surface area contributed by atoms with Gasteiger partial charge in [0.25, 0.3) is 0 Å². The van der Waals surface area contributed by atoms with E-state index in [4.69, 9.17) is 4.74 Å². The lowest BCUT2D eigenvalue weighted by molar-refractivity contribution is 0.134. The Morgan fingerprint density at radius 1 is 1.16 bits per heavy atom. The molecule has 2 heteroatoms. The molecule has 1 fully saturated rings. The van der Waals surface area contributed by atoms with E-state index in [1.54, 1.807) is 0 Å². The summed E-state index contributed by atoms with van der Waals surface area (Å²) < 4.78 is 5.53. The molecule has 1 aromatic rings. The lowest BCUT2D eigenvalue weighted by Crippen LogP contribution is -2.48. The van der Waals surface area contributed by atoms with Crippen LogP contribution in [-0.4, -0.2) is 19.7 Å². The first kappa shape index (κ1) is 14.4. The lowest BCUT2D eigenvalue weighted by Gasteiger charge is -2.48. The maximum Gasteiger partial charge on any atom is 0.119 e. The molecule has 1 aliphatic rings. The van der Waals surface area contributed by atoms with Crippen LogP contribution in [0.25, 0.3) is 0 Å². The van der Waals surface area contributed by atoms with Crippen LogP contribution in [-0.2, 0) is 5.41 Å². The highest BCUT2D eigenvalue weighted by Crippen LogP contribution is 2.48. The minimum absolute atomic E-state index is 0.363. The molecule has 1 aliphatic carbocycles. The molecule has 0 atom stereocenters. The van der Waals surface area contributed by atoms with Gasteiger partial charge in [-0.1, -0.05) is 32.4 Å². The molecule has 0 spiro atoms. The number of hydrogen-bond acceptors (Lipinski definition) is 2. The van der Waals surface area contributed by atoms with Crippen molar-refractivity contribution in [2.24, 2.45) is 5.92 Å². The van der Waals surface area contributed by atoms with E-state index in [2.05, 4.69) is 43.4 Å². The van der Waals surface area contributed by atoms with Gasteiger partial charge in [-0.15, -0.1) is 0 Å². The summed E-state index contributed by atoms with van der Waals surface area (Å²) in [5.74, 6) is 1.89. The van der Waals surface area contributed by atoms with Gasteiger partial charge in [0.15, 0.2) is 0 Å². The number of ether oxygens (including phenoxy) is 1. The van der Waals surface area contributed by atoms with E-state index in [9.17, 15) is 0 Å². The minimum atomic E-state index is 0.363. The largest absolute Gasteiger partial charge is 0.494 e. The first-order valence-corrected chi connectivity index (χ1v) is 7.68. The topological polar surface area (TPSA) is 21.3 Å². The van der Waals surface area contributed by atoms with Crippen molar-refractivity contribution in [2.45, 2.75) is 45.4 Å². The van der Waals surface area contributed by atoms with Gasteiger partial charge in [-0.05, 0) is 49.9 Å². The Morgan fingerprint density at radius 3 is 2.37 bits per heavy atom. The molecule has 1 saturated carbocycles. The van der Waals surface area contributed by atoms with Crippen molar-refractivity contribution in [2.75, 3.05) is 19.7 Å².